The number of fused-ring (bicyclic) bond motifs is 1. The van der Waals surface area contributed by atoms with Crippen molar-refractivity contribution < 1.29 is 14.4 Å². The average Bonchev–Trinajstić information content (AvgIpc) is 2.82. The standard InChI is InChI=1S/C25H31N5O3/c1-17-20-9-11-23(33)30(15-13-18-6-3-2-4-7-18)25(20)28-24(27-17)19-8-5-14-29(16-19)22(32)12-10-21(26)31/h2-4,6-7,19H,5,8-16H2,1H3,(H2,26,31). The first-order valence-corrected chi connectivity index (χ1v) is 11.7. The Kier molecular flexibility index (Phi) is 7.01. The molecule has 8 heteroatoms. The van der Waals surface area contributed by atoms with Gasteiger partial charge in [-0.05, 0) is 38.2 Å². The molecule has 0 saturated carbocycles. The summed E-state index contributed by atoms with van der Waals surface area (Å²) in [5, 5.41) is 0. The molecule has 0 radical (unpaired) electrons. The lowest BCUT2D eigenvalue weighted by Crippen LogP contribution is -2.41. The third kappa shape index (κ3) is 5.38. The predicted octanol–water partition coefficient (Wildman–Crippen LogP) is 2.28. The van der Waals surface area contributed by atoms with Crippen LogP contribution in [0.5, 0.6) is 0 Å². The van der Waals surface area contributed by atoms with Gasteiger partial charge in [0.2, 0.25) is 17.7 Å². The van der Waals surface area contributed by atoms with E-state index in [2.05, 4.69) is 12.1 Å². The van der Waals surface area contributed by atoms with Crippen LogP contribution in [0.3, 0.4) is 0 Å². The Morgan fingerprint density at radius 3 is 2.67 bits per heavy atom. The largest absolute Gasteiger partial charge is 0.370 e. The summed E-state index contributed by atoms with van der Waals surface area (Å²) in [6.45, 7) is 3.75. The summed E-state index contributed by atoms with van der Waals surface area (Å²) >= 11 is 0. The topological polar surface area (TPSA) is 109 Å². The van der Waals surface area contributed by atoms with E-state index in [1.165, 1.54) is 5.56 Å². The maximum Gasteiger partial charge on any atom is 0.228 e. The Bertz CT molecular complexity index is 1040. The van der Waals surface area contributed by atoms with Crippen molar-refractivity contribution in [2.24, 2.45) is 5.73 Å². The molecule has 1 fully saturated rings. The van der Waals surface area contributed by atoms with E-state index in [0.29, 0.717) is 38.3 Å². The third-order valence-electron chi connectivity index (χ3n) is 6.55. The lowest BCUT2D eigenvalue weighted by atomic mass is 9.95. The number of benzene rings is 1. The second kappa shape index (κ2) is 10.1. The van der Waals surface area contributed by atoms with Gasteiger partial charge in [-0.2, -0.15) is 0 Å². The van der Waals surface area contributed by atoms with Crippen LogP contribution in [-0.4, -0.2) is 52.2 Å². The summed E-state index contributed by atoms with van der Waals surface area (Å²) in [7, 11) is 0. The minimum absolute atomic E-state index is 0.00767. The highest BCUT2D eigenvalue weighted by Gasteiger charge is 2.31. The Balaban J connectivity index is 1.54. The highest BCUT2D eigenvalue weighted by Crippen LogP contribution is 2.32. The van der Waals surface area contributed by atoms with E-state index < -0.39 is 5.91 Å². The minimum atomic E-state index is -0.467. The summed E-state index contributed by atoms with van der Waals surface area (Å²) < 4.78 is 0. The highest BCUT2D eigenvalue weighted by molar-refractivity contribution is 5.95. The number of carbonyl (C=O) groups excluding carboxylic acids is 3. The van der Waals surface area contributed by atoms with Gasteiger partial charge in [-0.1, -0.05) is 30.3 Å². The zero-order valence-electron chi connectivity index (χ0n) is 19.1. The summed E-state index contributed by atoms with van der Waals surface area (Å²) in [4.78, 5) is 49.7. The van der Waals surface area contributed by atoms with Crippen LogP contribution in [0, 0.1) is 6.92 Å². The number of amides is 3. The molecule has 1 atom stereocenters. The predicted molar refractivity (Wildman–Crippen MR) is 125 cm³/mol. The molecule has 1 aromatic carbocycles. The number of piperidine rings is 1. The molecule has 0 bridgehead atoms. The monoisotopic (exact) mass is 449 g/mol. The first kappa shape index (κ1) is 22.9. The number of aromatic nitrogens is 2. The SMILES string of the molecule is Cc1nc(C2CCCN(C(=O)CCC(N)=O)C2)nc2c1CCC(=O)N2CCc1ccccc1. The Morgan fingerprint density at radius 1 is 1.12 bits per heavy atom. The normalized spacial score (nSPS) is 18.2. The molecule has 0 aliphatic carbocycles. The highest BCUT2D eigenvalue weighted by atomic mass is 16.2. The number of nitrogens with two attached hydrogens (primary N) is 1. The van der Waals surface area contributed by atoms with Crippen LogP contribution in [0.1, 0.15) is 60.7 Å². The van der Waals surface area contributed by atoms with Gasteiger partial charge >= 0.3 is 0 Å². The van der Waals surface area contributed by atoms with Crippen molar-refractivity contribution in [1.82, 2.24) is 14.9 Å². The fraction of sp³-hybridized carbons (Fsp3) is 0.480. The van der Waals surface area contributed by atoms with Gasteiger partial charge in [-0.25, -0.2) is 9.97 Å². The molecular weight excluding hydrogens is 418 g/mol. The molecule has 2 N–H and O–H groups in total. The molecule has 1 aromatic heterocycles. The second-order valence-corrected chi connectivity index (χ2v) is 8.90. The van der Waals surface area contributed by atoms with Gasteiger partial charge < -0.3 is 10.6 Å². The minimum Gasteiger partial charge on any atom is -0.370 e. The Hall–Kier alpha value is -3.29. The van der Waals surface area contributed by atoms with Crippen LogP contribution < -0.4 is 10.6 Å². The quantitative estimate of drug-likeness (QED) is 0.697. The van der Waals surface area contributed by atoms with E-state index in [-0.39, 0.29) is 30.6 Å². The van der Waals surface area contributed by atoms with Gasteiger partial charge in [0.05, 0.1) is 0 Å². The number of hydrogen-bond acceptors (Lipinski definition) is 5. The molecule has 33 heavy (non-hydrogen) atoms. The van der Waals surface area contributed by atoms with E-state index >= 15 is 0 Å². The van der Waals surface area contributed by atoms with E-state index in [9.17, 15) is 14.4 Å². The number of anilines is 1. The first-order valence-electron chi connectivity index (χ1n) is 11.7. The van der Waals surface area contributed by atoms with Crippen LogP contribution >= 0.6 is 0 Å². The maximum atomic E-state index is 12.8. The van der Waals surface area contributed by atoms with Crippen LogP contribution in [0.15, 0.2) is 30.3 Å². The summed E-state index contributed by atoms with van der Waals surface area (Å²) in [5.41, 5.74) is 8.32. The van der Waals surface area contributed by atoms with Crippen molar-refractivity contribution in [1.29, 1.82) is 0 Å². The van der Waals surface area contributed by atoms with Gasteiger partial charge in [0.15, 0.2) is 0 Å². The van der Waals surface area contributed by atoms with Crippen molar-refractivity contribution in [3.63, 3.8) is 0 Å². The molecule has 1 saturated heterocycles. The van der Waals surface area contributed by atoms with Gasteiger partial charge in [0.25, 0.3) is 0 Å². The van der Waals surface area contributed by atoms with Gasteiger partial charge in [0.1, 0.15) is 11.6 Å². The molecule has 1 unspecified atom stereocenters. The zero-order valence-corrected chi connectivity index (χ0v) is 19.1. The van der Waals surface area contributed by atoms with Crippen LogP contribution in [-0.2, 0) is 27.2 Å². The second-order valence-electron chi connectivity index (χ2n) is 8.90. The van der Waals surface area contributed by atoms with Crippen LogP contribution in [0.25, 0.3) is 0 Å². The molecule has 2 aliphatic heterocycles. The van der Waals surface area contributed by atoms with Crippen molar-refractivity contribution in [3.8, 4) is 0 Å². The van der Waals surface area contributed by atoms with Crippen LogP contribution in [0.2, 0.25) is 0 Å². The van der Waals surface area contributed by atoms with Gasteiger partial charge in [-0.3, -0.25) is 19.3 Å². The van der Waals surface area contributed by atoms with Crippen molar-refractivity contribution in [2.75, 3.05) is 24.5 Å². The van der Waals surface area contributed by atoms with E-state index in [1.54, 1.807) is 4.90 Å². The number of primary amides is 1. The zero-order chi connectivity index (χ0) is 23.4. The molecule has 0 spiro atoms. The lowest BCUT2D eigenvalue weighted by molar-refractivity contribution is -0.134. The summed E-state index contributed by atoms with van der Waals surface area (Å²) in [6, 6.07) is 10.1. The molecule has 4 rings (SSSR count). The fourth-order valence-corrected chi connectivity index (χ4v) is 4.70. The fourth-order valence-electron chi connectivity index (χ4n) is 4.70. The van der Waals surface area contributed by atoms with E-state index in [1.807, 2.05) is 30.0 Å². The maximum absolute atomic E-state index is 12.8. The molecule has 174 valence electrons. The van der Waals surface area contributed by atoms with Crippen molar-refractivity contribution in [3.05, 3.63) is 53.0 Å². The number of likely N-dealkylation sites (tertiary alicyclic amines) is 1. The molecular formula is C25H31N5O3. The summed E-state index contributed by atoms with van der Waals surface area (Å²) in [6.07, 6.45) is 3.82. The van der Waals surface area contributed by atoms with Crippen LogP contribution in [0.4, 0.5) is 5.82 Å². The first-order chi connectivity index (χ1) is 15.9. The lowest BCUT2D eigenvalue weighted by Gasteiger charge is -2.34. The number of nitrogens with zero attached hydrogens (tertiary/aromatic N) is 4. The Labute approximate surface area is 194 Å². The molecule has 2 aromatic rings. The Morgan fingerprint density at radius 2 is 1.91 bits per heavy atom. The smallest absolute Gasteiger partial charge is 0.228 e. The summed E-state index contributed by atoms with van der Waals surface area (Å²) in [5.74, 6) is 0.987. The number of hydrogen-bond donors (Lipinski definition) is 1. The molecule has 3 heterocycles. The van der Waals surface area contributed by atoms with Gasteiger partial charge in [-0.15, -0.1) is 0 Å². The third-order valence-corrected chi connectivity index (χ3v) is 6.55. The van der Waals surface area contributed by atoms with Gasteiger partial charge in [0, 0.05) is 56.1 Å². The molecule has 3 amide bonds. The molecule has 2 aliphatic rings. The van der Waals surface area contributed by atoms with E-state index in [4.69, 9.17) is 15.7 Å². The van der Waals surface area contributed by atoms with E-state index in [0.717, 1.165) is 36.3 Å². The average molecular weight is 450 g/mol. The molecule has 8 nitrogen and oxygen atoms in total. The number of rotatable bonds is 7. The van der Waals surface area contributed by atoms with Crippen molar-refractivity contribution >= 4 is 23.5 Å². The number of aryl methyl sites for hydroxylation is 1. The van der Waals surface area contributed by atoms with Crippen molar-refractivity contribution in [2.45, 2.75) is 57.8 Å². The number of carbonyl (C=O) groups is 3.